The standard InChI is InChI=1S/C17H23N2O3/c1-17(2,3)22-16(21)19-11-7-10-14(19)12-18-15(20)13-8-5-4-6-9-13/h5-6,8-9,14H,7,10-12H2,1-3H3,(H,18,20). The fourth-order valence-electron chi connectivity index (χ4n) is 2.46. The van der Waals surface area contributed by atoms with Crippen molar-refractivity contribution >= 4 is 12.0 Å². The second-order valence-electron chi connectivity index (χ2n) is 6.47. The van der Waals surface area contributed by atoms with Crippen LogP contribution in [0.1, 0.15) is 44.0 Å². The summed E-state index contributed by atoms with van der Waals surface area (Å²) in [4.78, 5) is 25.9. The van der Waals surface area contributed by atoms with Crippen LogP contribution in [0.4, 0.5) is 4.79 Å². The molecule has 2 amide bonds. The topological polar surface area (TPSA) is 58.6 Å². The van der Waals surface area contributed by atoms with Gasteiger partial charge in [0.05, 0.1) is 6.04 Å². The summed E-state index contributed by atoms with van der Waals surface area (Å²) in [6.07, 6.45) is 1.50. The first kappa shape index (κ1) is 16.3. The van der Waals surface area contributed by atoms with E-state index >= 15 is 0 Å². The van der Waals surface area contributed by atoms with Gasteiger partial charge < -0.3 is 15.0 Å². The van der Waals surface area contributed by atoms with Crippen molar-refractivity contribution in [3.05, 3.63) is 35.9 Å². The molecule has 5 heteroatoms. The molecule has 1 atom stereocenters. The maximum Gasteiger partial charge on any atom is 0.410 e. The first-order chi connectivity index (χ1) is 10.4. The molecule has 0 bridgehead atoms. The molecule has 1 unspecified atom stereocenters. The number of carbonyl (C=O) groups is 2. The lowest BCUT2D eigenvalue weighted by Gasteiger charge is -2.28. The minimum absolute atomic E-state index is 0.00549. The molecule has 1 aliphatic rings. The molecule has 1 heterocycles. The first-order valence-electron chi connectivity index (χ1n) is 7.61. The van der Waals surface area contributed by atoms with Gasteiger partial charge in [0.15, 0.2) is 0 Å². The van der Waals surface area contributed by atoms with Gasteiger partial charge in [-0.25, -0.2) is 4.79 Å². The molecule has 2 rings (SSSR count). The van der Waals surface area contributed by atoms with Crippen molar-refractivity contribution in [1.29, 1.82) is 0 Å². The lowest BCUT2D eigenvalue weighted by Crippen LogP contribution is -2.45. The first-order valence-corrected chi connectivity index (χ1v) is 7.61. The highest BCUT2D eigenvalue weighted by Crippen LogP contribution is 2.20. The zero-order chi connectivity index (χ0) is 16.2. The van der Waals surface area contributed by atoms with Gasteiger partial charge in [-0.05, 0) is 51.8 Å². The van der Waals surface area contributed by atoms with E-state index in [-0.39, 0.29) is 18.0 Å². The van der Waals surface area contributed by atoms with Crippen molar-refractivity contribution in [3.8, 4) is 0 Å². The minimum Gasteiger partial charge on any atom is -0.444 e. The van der Waals surface area contributed by atoms with Crippen molar-refractivity contribution in [3.63, 3.8) is 0 Å². The van der Waals surface area contributed by atoms with Crippen molar-refractivity contribution in [2.45, 2.75) is 45.3 Å². The van der Waals surface area contributed by atoms with Crippen molar-refractivity contribution < 1.29 is 14.3 Å². The maximum atomic E-state index is 12.2. The van der Waals surface area contributed by atoms with Crippen LogP contribution >= 0.6 is 0 Å². The van der Waals surface area contributed by atoms with Gasteiger partial charge in [-0.3, -0.25) is 4.79 Å². The highest BCUT2D eigenvalue weighted by Gasteiger charge is 2.32. The van der Waals surface area contributed by atoms with E-state index in [9.17, 15) is 9.59 Å². The van der Waals surface area contributed by atoms with E-state index in [1.54, 1.807) is 29.2 Å². The number of likely N-dealkylation sites (tertiary alicyclic amines) is 1. The van der Waals surface area contributed by atoms with Crippen LogP contribution in [0.15, 0.2) is 24.3 Å². The molecule has 1 radical (unpaired) electrons. The van der Waals surface area contributed by atoms with Gasteiger partial charge in [0, 0.05) is 18.7 Å². The summed E-state index contributed by atoms with van der Waals surface area (Å²) < 4.78 is 5.41. The smallest absolute Gasteiger partial charge is 0.410 e. The Morgan fingerprint density at radius 2 is 2.05 bits per heavy atom. The van der Waals surface area contributed by atoms with Gasteiger partial charge in [0.1, 0.15) is 5.60 Å². The van der Waals surface area contributed by atoms with Crippen LogP contribution in [-0.2, 0) is 4.74 Å². The van der Waals surface area contributed by atoms with Crippen LogP contribution in [0.25, 0.3) is 0 Å². The second kappa shape index (κ2) is 6.81. The van der Waals surface area contributed by atoms with Crippen LogP contribution in [0.3, 0.4) is 0 Å². The third kappa shape index (κ3) is 4.48. The zero-order valence-electron chi connectivity index (χ0n) is 13.4. The summed E-state index contributed by atoms with van der Waals surface area (Å²) in [6, 6.07) is 9.72. The van der Waals surface area contributed by atoms with Crippen LogP contribution in [0, 0.1) is 6.07 Å². The number of carbonyl (C=O) groups excluding carboxylic acids is 2. The summed E-state index contributed by atoms with van der Waals surface area (Å²) in [5.74, 6) is -0.134. The summed E-state index contributed by atoms with van der Waals surface area (Å²) in [7, 11) is 0. The molecule has 1 N–H and O–H groups in total. The fraction of sp³-hybridized carbons (Fsp3) is 0.529. The van der Waals surface area contributed by atoms with Crippen molar-refractivity contribution in [2.75, 3.05) is 13.1 Å². The normalized spacial score (nSPS) is 18.1. The van der Waals surface area contributed by atoms with E-state index in [1.165, 1.54) is 0 Å². The average molecular weight is 303 g/mol. The molecule has 0 spiro atoms. The third-order valence-electron chi connectivity index (χ3n) is 3.48. The predicted molar refractivity (Wildman–Crippen MR) is 83.6 cm³/mol. The van der Waals surface area contributed by atoms with Gasteiger partial charge in [-0.15, -0.1) is 0 Å². The lowest BCUT2D eigenvalue weighted by atomic mass is 10.2. The minimum atomic E-state index is -0.506. The van der Waals surface area contributed by atoms with E-state index in [2.05, 4.69) is 11.4 Å². The molecule has 0 aromatic heterocycles. The number of hydrogen-bond donors (Lipinski definition) is 1. The number of amides is 2. The Hall–Kier alpha value is -2.04. The van der Waals surface area contributed by atoms with Crippen molar-refractivity contribution in [1.82, 2.24) is 10.2 Å². The molecule has 22 heavy (non-hydrogen) atoms. The average Bonchev–Trinajstić information content (AvgIpc) is 2.92. The number of hydrogen-bond acceptors (Lipinski definition) is 3. The van der Waals surface area contributed by atoms with Crippen LogP contribution < -0.4 is 5.32 Å². The van der Waals surface area contributed by atoms with Gasteiger partial charge in [-0.1, -0.05) is 12.1 Å². The molecule has 0 aliphatic carbocycles. The highest BCUT2D eigenvalue weighted by molar-refractivity contribution is 5.94. The predicted octanol–water partition coefficient (Wildman–Crippen LogP) is 2.62. The Balaban J connectivity index is 1.89. The number of nitrogens with one attached hydrogen (secondary N) is 1. The Morgan fingerprint density at radius 3 is 2.68 bits per heavy atom. The van der Waals surface area contributed by atoms with Gasteiger partial charge >= 0.3 is 6.09 Å². The maximum absolute atomic E-state index is 12.2. The molecule has 1 aliphatic heterocycles. The Morgan fingerprint density at radius 1 is 1.36 bits per heavy atom. The van der Waals surface area contributed by atoms with Crippen molar-refractivity contribution in [2.24, 2.45) is 0 Å². The van der Waals surface area contributed by atoms with Gasteiger partial charge in [-0.2, -0.15) is 0 Å². The number of rotatable bonds is 3. The SMILES string of the molecule is CC(C)(C)OC(=O)N1CCCC1CNC(=O)c1cc[c]cc1. The summed E-state index contributed by atoms with van der Waals surface area (Å²) in [6.45, 7) is 6.67. The summed E-state index contributed by atoms with van der Waals surface area (Å²) in [5.41, 5.74) is 0.0918. The zero-order valence-corrected chi connectivity index (χ0v) is 13.4. The van der Waals surface area contributed by atoms with Gasteiger partial charge in [0.25, 0.3) is 5.91 Å². The number of ether oxygens (including phenoxy) is 1. The molecule has 119 valence electrons. The monoisotopic (exact) mass is 303 g/mol. The quantitative estimate of drug-likeness (QED) is 0.934. The van der Waals surface area contributed by atoms with E-state index in [1.807, 2.05) is 20.8 Å². The van der Waals surface area contributed by atoms with E-state index in [4.69, 9.17) is 4.74 Å². The summed E-state index contributed by atoms with van der Waals surface area (Å²) >= 11 is 0. The molecular weight excluding hydrogens is 280 g/mol. The van der Waals surface area contributed by atoms with Crippen LogP contribution in [0.2, 0.25) is 0 Å². The number of nitrogens with zero attached hydrogens (tertiary/aromatic N) is 1. The molecule has 1 aromatic carbocycles. The Bertz CT molecular complexity index is 522. The van der Waals surface area contributed by atoms with Gasteiger partial charge in [0.2, 0.25) is 0 Å². The third-order valence-corrected chi connectivity index (χ3v) is 3.48. The molecule has 1 saturated heterocycles. The Labute approximate surface area is 131 Å². The summed E-state index contributed by atoms with van der Waals surface area (Å²) in [5, 5.41) is 2.89. The fourth-order valence-corrected chi connectivity index (χ4v) is 2.46. The lowest BCUT2D eigenvalue weighted by molar-refractivity contribution is 0.0225. The molecule has 0 saturated carbocycles. The second-order valence-corrected chi connectivity index (χ2v) is 6.47. The highest BCUT2D eigenvalue weighted by atomic mass is 16.6. The molecule has 5 nitrogen and oxygen atoms in total. The van der Waals surface area contributed by atoms with Crippen LogP contribution in [-0.4, -0.2) is 41.6 Å². The molecular formula is C17H23N2O3. The molecule has 1 aromatic rings. The Kier molecular flexibility index (Phi) is 5.06. The largest absolute Gasteiger partial charge is 0.444 e. The van der Waals surface area contributed by atoms with Crippen LogP contribution in [0.5, 0.6) is 0 Å². The number of benzene rings is 1. The van der Waals surface area contributed by atoms with E-state index in [0.717, 1.165) is 12.8 Å². The van der Waals surface area contributed by atoms with E-state index < -0.39 is 5.60 Å². The molecule has 1 fully saturated rings. The van der Waals surface area contributed by atoms with E-state index in [0.29, 0.717) is 18.7 Å².